The molecule has 3 heteroatoms. The fraction of sp³-hybridized carbons (Fsp3) is 0.625. The van der Waals surface area contributed by atoms with Gasteiger partial charge in [0.1, 0.15) is 17.7 Å². The van der Waals surface area contributed by atoms with Gasteiger partial charge in [-0.25, -0.2) is 4.39 Å². The van der Waals surface area contributed by atoms with Crippen molar-refractivity contribution in [1.82, 2.24) is 0 Å². The molecule has 1 saturated carbocycles. The lowest BCUT2D eigenvalue weighted by Gasteiger charge is -2.35. The normalized spacial score (nSPS) is 27.6. The molecule has 1 aliphatic carbocycles. The smallest absolute Gasteiger partial charge is 0.126 e. The monoisotopic (exact) mass is 266 g/mol. The van der Waals surface area contributed by atoms with Crippen LogP contribution in [-0.4, -0.2) is 17.3 Å². The van der Waals surface area contributed by atoms with Gasteiger partial charge in [0.25, 0.3) is 0 Å². The quantitative estimate of drug-likeness (QED) is 0.904. The number of aliphatic hydroxyl groups excluding tert-OH is 1. The third kappa shape index (κ3) is 3.47. The van der Waals surface area contributed by atoms with Crippen LogP contribution in [0.15, 0.2) is 18.2 Å². The maximum atomic E-state index is 13.2. The van der Waals surface area contributed by atoms with Crippen molar-refractivity contribution in [1.29, 1.82) is 0 Å². The van der Waals surface area contributed by atoms with E-state index >= 15 is 0 Å². The molecule has 0 aliphatic heterocycles. The lowest BCUT2D eigenvalue weighted by atomic mass is 9.79. The molecule has 1 N–H and O–H groups in total. The minimum Gasteiger partial charge on any atom is -0.488 e. The second kappa shape index (κ2) is 5.91. The molecule has 1 fully saturated rings. The molecule has 19 heavy (non-hydrogen) atoms. The highest BCUT2D eigenvalue weighted by atomic mass is 19.1. The minimum atomic E-state index is -0.416. The third-order valence-corrected chi connectivity index (χ3v) is 4.16. The largest absolute Gasteiger partial charge is 0.488 e. The average molecular weight is 266 g/mol. The zero-order valence-corrected chi connectivity index (χ0v) is 11.9. The average Bonchev–Trinajstić information content (AvgIpc) is 2.36. The van der Waals surface area contributed by atoms with E-state index in [4.69, 9.17) is 4.74 Å². The maximum Gasteiger partial charge on any atom is 0.126 e. The second-order valence-corrected chi connectivity index (χ2v) is 5.95. The van der Waals surface area contributed by atoms with Crippen LogP contribution in [0.25, 0.3) is 0 Å². The number of rotatable bonds is 3. The Kier molecular flexibility index (Phi) is 4.46. The van der Waals surface area contributed by atoms with E-state index in [-0.39, 0.29) is 11.9 Å². The van der Waals surface area contributed by atoms with Gasteiger partial charge < -0.3 is 9.84 Å². The molecule has 1 aliphatic rings. The summed E-state index contributed by atoms with van der Waals surface area (Å²) in [4.78, 5) is 0. The van der Waals surface area contributed by atoms with Crippen LogP contribution in [0.5, 0.6) is 5.75 Å². The summed E-state index contributed by atoms with van der Waals surface area (Å²) < 4.78 is 19.1. The first-order valence-electron chi connectivity index (χ1n) is 7.08. The molecule has 3 atom stereocenters. The number of aliphatic hydroxyl groups is 1. The van der Waals surface area contributed by atoms with E-state index in [1.165, 1.54) is 6.07 Å². The fourth-order valence-corrected chi connectivity index (χ4v) is 2.74. The van der Waals surface area contributed by atoms with Crippen molar-refractivity contribution in [3.63, 3.8) is 0 Å². The van der Waals surface area contributed by atoms with Crippen LogP contribution in [0.1, 0.15) is 38.7 Å². The Morgan fingerprint density at radius 3 is 2.68 bits per heavy atom. The molecule has 3 unspecified atom stereocenters. The van der Waals surface area contributed by atoms with Gasteiger partial charge in [0.05, 0.1) is 6.10 Å². The summed E-state index contributed by atoms with van der Waals surface area (Å²) in [7, 11) is 0. The molecule has 2 rings (SSSR count). The van der Waals surface area contributed by atoms with E-state index in [0.717, 1.165) is 19.3 Å². The van der Waals surface area contributed by atoms with Gasteiger partial charge in [0, 0.05) is 0 Å². The molecular weight excluding hydrogens is 243 g/mol. The van der Waals surface area contributed by atoms with Gasteiger partial charge in [-0.2, -0.15) is 0 Å². The summed E-state index contributed by atoms with van der Waals surface area (Å²) >= 11 is 0. The summed E-state index contributed by atoms with van der Waals surface area (Å²) in [5.41, 5.74) is 0.572. The van der Waals surface area contributed by atoms with Crippen molar-refractivity contribution < 1.29 is 14.2 Å². The standard InChI is InChI=1S/C16H23FO2/c1-10(2)12-4-7-15(18)16(9-12)19-13-5-6-14(17)11(3)8-13/h5-6,8,10,12,15-16,18H,4,7,9H2,1-3H3. The Bertz CT molecular complexity index is 431. The van der Waals surface area contributed by atoms with Gasteiger partial charge in [-0.3, -0.25) is 0 Å². The van der Waals surface area contributed by atoms with Gasteiger partial charge in [0.15, 0.2) is 0 Å². The highest BCUT2D eigenvalue weighted by Crippen LogP contribution is 2.32. The minimum absolute atomic E-state index is 0.175. The molecule has 0 radical (unpaired) electrons. The zero-order chi connectivity index (χ0) is 14.0. The predicted octanol–water partition coefficient (Wildman–Crippen LogP) is 3.70. The number of halogens is 1. The molecule has 0 aromatic heterocycles. The molecular formula is C16H23FO2. The van der Waals surface area contributed by atoms with Crippen LogP contribution < -0.4 is 4.74 Å². The number of hydrogen-bond acceptors (Lipinski definition) is 2. The molecule has 2 nitrogen and oxygen atoms in total. The van der Waals surface area contributed by atoms with Crippen molar-refractivity contribution in [2.45, 2.75) is 52.2 Å². The van der Waals surface area contributed by atoms with Gasteiger partial charge in [-0.15, -0.1) is 0 Å². The third-order valence-electron chi connectivity index (χ3n) is 4.16. The van der Waals surface area contributed by atoms with E-state index in [1.807, 2.05) is 0 Å². The Balaban J connectivity index is 2.05. The summed E-state index contributed by atoms with van der Waals surface area (Å²) in [6.07, 6.45) is 2.12. The Labute approximate surface area is 114 Å². The summed E-state index contributed by atoms with van der Waals surface area (Å²) in [6.45, 7) is 6.14. The summed E-state index contributed by atoms with van der Waals surface area (Å²) in [6, 6.07) is 4.74. The van der Waals surface area contributed by atoms with Crippen LogP contribution in [-0.2, 0) is 0 Å². The first-order chi connectivity index (χ1) is 8.97. The van der Waals surface area contributed by atoms with E-state index in [0.29, 0.717) is 23.1 Å². The topological polar surface area (TPSA) is 29.5 Å². The summed E-state index contributed by atoms with van der Waals surface area (Å²) in [5, 5.41) is 10.1. The van der Waals surface area contributed by atoms with Gasteiger partial charge in [-0.05, 0) is 61.8 Å². The molecule has 0 saturated heterocycles. The Hall–Kier alpha value is -1.09. The van der Waals surface area contributed by atoms with Gasteiger partial charge in [0.2, 0.25) is 0 Å². The van der Waals surface area contributed by atoms with Crippen molar-refractivity contribution in [3.8, 4) is 5.75 Å². The van der Waals surface area contributed by atoms with E-state index in [9.17, 15) is 9.50 Å². The maximum absolute atomic E-state index is 13.2. The van der Waals surface area contributed by atoms with E-state index in [1.54, 1.807) is 19.1 Å². The highest BCUT2D eigenvalue weighted by molar-refractivity contribution is 5.29. The van der Waals surface area contributed by atoms with E-state index < -0.39 is 6.10 Å². The number of hydrogen-bond donors (Lipinski definition) is 1. The number of aryl methyl sites for hydroxylation is 1. The van der Waals surface area contributed by atoms with Crippen molar-refractivity contribution in [3.05, 3.63) is 29.6 Å². The van der Waals surface area contributed by atoms with Crippen LogP contribution in [0.3, 0.4) is 0 Å². The SMILES string of the molecule is Cc1cc(OC2CC(C(C)C)CCC2O)ccc1F. The molecule has 0 spiro atoms. The van der Waals surface area contributed by atoms with Crippen LogP contribution >= 0.6 is 0 Å². The van der Waals surface area contributed by atoms with E-state index in [2.05, 4.69) is 13.8 Å². The molecule has 0 bridgehead atoms. The van der Waals surface area contributed by atoms with Crippen molar-refractivity contribution >= 4 is 0 Å². The second-order valence-electron chi connectivity index (χ2n) is 5.95. The molecule has 106 valence electrons. The van der Waals surface area contributed by atoms with Gasteiger partial charge >= 0.3 is 0 Å². The van der Waals surface area contributed by atoms with Crippen LogP contribution in [0, 0.1) is 24.6 Å². The molecule has 1 aromatic rings. The van der Waals surface area contributed by atoms with Gasteiger partial charge in [-0.1, -0.05) is 13.8 Å². The number of benzene rings is 1. The lowest BCUT2D eigenvalue weighted by molar-refractivity contribution is -0.0177. The Morgan fingerprint density at radius 2 is 2.05 bits per heavy atom. The first-order valence-corrected chi connectivity index (χ1v) is 7.08. The highest BCUT2D eigenvalue weighted by Gasteiger charge is 2.32. The number of ether oxygens (including phenoxy) is 1. The first kappa shape index (κ1) is 14.3. The molecule has 0 amide bonds. The van der Waals surface area contributed by atoms with Crippen LogP contribution in [0.2, 0.25) is 0 Å². The molecule has 1 aromatic carbocycles. The fourth-order valence-electron chi connectivity index (χ4n) is 2.74. The van der Waals surface area contributed by atoms with Crippen LogP contribution in [0.4, 0.5) is 4.39 Å². The lowest BCUT2D eigenvalue weighted by Crippen LogP contribution is -2.39. The van der Waals surface area contributed by atoms with Crippen molar-refractivity contribution in [2.24, 2.45) is 11.8 Å². The summed E-state index contributed by atoms with van der Waals surface area (Å²) in [5.74, 6) is 1.62. The van der Waals surface area contributed by atoms with Crippen molar-refractivity contribution in [2.75, 3.05) is 0 Å². The molecule has 0 heterocycles. The Morgan fingerprint density at radius 1 is 1.32 bits per heavy atom. The predicted molar refractivity (Wildman–Crippen MR) is 73.7 cm³/mol. The zero-order valence-electron chi connectivity index (χ0n) is 11.9.